The van der Waals surface area contributed by atoms with E-state index in [0.717, 1.165) is 33.8 Å². The molecule has 0 saturated heterocycles. The quantitative estimate of drug-likeness (QED) is 0.539. The average molecular weight is 318 g/mol. The highest BCUT2D eigenvalue weighted by Crippen LogP contribution is 2.39. The van der Waals surface area contributed by atoms with Crippen LogP contribution in [0.2, 0.25) is 0 Å². The van der Waals surface area contributed by atoms with E-state index in [1.54, 1.807) is 12.1 Å². The third kappa shape index (κ3) is 2.46. The van der Waals surface area contributed by atoms with Crippen molar-refractivity contribution in [2.24, 2.45) is 0 Å². The number of benzene rings is 3. The maximum absolute atomic E-state index is 10.8. The third-order valence-electron chi connectivity index (χ3n) is 4.07. The summed E-state index contributed by atoms with van der Waals surface area (Å²) in [4.78, 5) is 10.4. The molecule has 1 N–H and O–H groups in total. The molecule has 5 heteroatoms. The number of rotatable bonds is 2. The maximum Gasteiger partial charge on any atom is 0.269 e. The van der Waals surface area contributed by atoms with Gasteiger partial charge in [-0.1, -0.05) is 30.3 Å². The van der Waals surface area contributed by atoms with E-state index < -0.39 is 4.92 Å². The number of nitro benzene ring substituents is 1. The monoisotopic (exact) mass is 318 g/mol. The van der Waals surface area contributed by atoms with Crippen molar-refractivity contribution >= 4 is 17.1 Å². The number of nitrogens with one attached hydrogen (secondary N) is 1. The molecule has 4 rings (SSSR count). The molecule has 1 heterocycles. The van der Waals surface area contributed by atoms with Crippen LogP contribution in [0, 0.1) is 10.1 Å². The van der Waals surface area contributed by atoms with Gasteiger partial charge in [0.25, 0.3) is 5.69 Å². The first-order valence-corrected chi connectivity index (χ1v) is 7.58. The van der Waals surface area contributed by atoms with Crippen LogP contribution in [-0.4, -0.2) is 4.92 Å². The fourth-order valence-electron chi connectivity index (χ4n) is 2.86. The van der Waals surface area contributed by atoms with Gasteiger partial charge in [0.05, 0.1) is 16.3 Å². The van der Waals surface area contributed by atoms with E-state index in [2.05, 4.69) is 5.32 Å². The number of hydrogen-bond acceptors (Lipinski definition) is 4. The molecule has 0 spiro atoms. The van der Waals surface area contributed by atoms with Crippen LogP contribution in [0.15, 0.2) is 66.7 Å². The lowest BCUT2D eigenvalue weighted by Gasteiger charge is -2.13. The van der Waals surface area contributed by atoms with Crippen molar-refractivity contribution in [3.8, 4) is 16.9 Å². The van der Waals surface area contributed by atoms with E-state index in [0.29, 0.717) is 6.61 Å². The Labute approximate surface area is 138 Å². The number of non-ortho nitro benzene ring substituents is 1. The van der Waals surface area contributed by atoms with Gasteiger partial charge >= 0.3 is 0 Å². The van der Waals surface area contributed by atoms with Crippen molar-refractivity contribution in [3.63, 3.8) is 0 Å². The molecule has 0 fully saturated rings. The fourth-order valence-corrected chi connectivity index (χ4v) is 2.86. The van der Waals surface area contributed by atoms with Gasteiger partial charge in [-0.05, 0) is 29.8 Å². The molecule has 0 saturated carbocycles. The molecule has 24 heavy (non-hydrogen) atoms. The average Bonchev–Trinajstić information content (AvgIpc) is 2.81. The van der Waals surface area contributed by atoms with Crippen molar-refractivity contribution < 1.29 is 9.66 Å². The summed E-state index contributed by atoms with van der Waals surface area (Å²) in [6.45, 7) is 0.472. The van der Waals surface area contributed by atoms with Gasteiger partial charge in [0.2, 0.25) is 0 Å². The number of anilines is 2. The Hall–Kier alpha value is -3.34. The van der Waals surface area contributed by atoms with Crippen LogP contribution in [0.3, 0.4) is 0 Å². The maximum atomic E-state index is 10.8. The largest absolute Gasteiger partial charge is 0.487 e. The number of fused-ring (bicyclic) bond motifs is 2. The van der Waals surface area contributed by atoms with E-state index in [4.69, 9.17) is 4.74 Å². The zero-order chi connectivity index (χ0) is 16.5. The minimum absolute atomic E-state index is 0.0856. The molecule has 0 atom stereocenters. The Balaban J connectivity index is 1.81. The Morgan fingerprint density at radius 1 is 0.958 bits per heavy atom. The van der Waals surface area contributed by atoms with E-state index in [1.165, 1.54) is 12.1 Å². The molecule has 0 amide bonds. The molecule has 5 nitrogen and oxygen atoms in total. The molecule has 3 aromatic rings. The van der Waals surface area contributed by atoms with Crippen molar-refractivity contribution in [1.82, 2.24) is 0 Å². The molecule has 1 aliphatic rings. The van der Waals surface area contributed by atoms with Crippen LogP contribution in [0.5, 0.6) is 5.75 Å². The molecular weight excluding hydrogens is 304 g/mol. The summed E-state index contributed by atoms with van der Waals surface area (Å²) in [6.07, 6.45) is 0. The SMILES string of the molecule is O=[N+]([O-])c1ccc(-c2cccc3c2Nc2ccccc2OC3)cc1. The lowest BCUT2D eigenvalue weighted by atomic mass is 10.00. The molecular formula is C19H14N2O3. The van der Waals surface area contributed by atoms with E-state index in [-0.39, 0.29) is 5.69 Å². The highest BCUT2D eigenvalue weighted by Gasteiger charge is 2.17. The standard InChI is InChI=1S/C19H14N2O3/c22-21(23)15-10-8-13(9-11-15)16-5-3-4-14-12-24-18-7-2-1-6-17(18)20-19(14)16/h1-11,20H,12H2. The van der Waals surface area contributed by atoms with Gasteiger partial charge in [-0.3, -0.25) is 10.1 Å². The Morgan fingerprint density at radius 2 is 1.75 bits per heavy atom. The second kappa shape index (κ2) is 5.70. The van der Waals surface area contributed by atoms with E-state index in [1.807, 2.05) is 42.5 Å². The minimum Gasteiger partial charge on any atom is -0.487 e. The molecule has 118 valence electrons. The zero-order valence-corrected chi connectivity index (χ0v) is 12.7. The highest BCUT2D eigenvalue weighted by atomic mass is 16.6. The van der Waals surface area contributed by atoms with Crippen molar-refractivity contribution in [3.05, 3.63) is 82.4 Å². The second-order valence-electron chi connectivity index (χ2n) is 5.55. The molecule has 0 bridgehead atoms. The van der Waals surface area contributed by atoms with Gasteiger partial charge in [0.15, 0.2) is 0 Å². The lowest BCUT2D eigenvalue weighted by Crippen LogP contribution is -1.97. The summed E-state index contributed by atoms with van der Waals surface area (Å²) in [7, 11) is 0. The number of para-hydroxylation sites is 3. The number of nitrogens with zero attached hydrogens (tertiary/aromatic N) is 1. The van der Waals surface area contributed by atoms with Crippen molar-refractivity contribution in [2.75, 3.05) is 5.32 Å². The lowest BCUT2D eigenvalue weighted by molar-refractivity contribution is -0.384. The Morgan fingerprint density at radius 3 is 2.54 bits per heavy atom. The van der Waals surface area contributed by atoms with Gasteiger partial charge in [-0.2, -0.15) is 0 Å². The summed E-state index contributed by atoms with van der Waals surface area (Å²) in [5.41, 5.74) is 4.92. The van der Waals surface area contributed by atoms with Gasteiger partial charge in [0, 0.05) is 23.3 Å². The minimum atomic E-state index is -0.391. The summed E-state index contributed by atoms with van der Waals surface area (Å²) < 4.78 is 5.86. The van der Waals surface area contributed by atoms with E-state index in [9.17, 15) is 10.1 Å². The highest BCUT2D eigenvalue weighted by molar-refractivity contribution is 5.85. The molecule has 1 aliphatic heterocycles. The zero-order valence-electron chi connectivity index (χ0n) is 12.7. The van der Waals surface area contributed by atoms with Gasteiger partial charge in [-0.25, -0.2) is 0 Å². The number of ether oxygens (including phenoxy) is 1. The summed E-state index contributed by atoms with van der Waals surface area (Å²) in [5.74, 6) is 0.809. The molecule has 3 aromatic carbocycles. The van der Waals surface area contributed by atoms with Gasteiger partial charge in [0.1, 0.15) is 12.4 Å². The molecule has 0 aromatic heterocycles. The first kappa shape index (κ1) is 14.3. The second-order valence-corrected chi connectivity index (χ2v) is 5.55. The fraction of sp³-hybridized carbons (Fsp3) is 0.0526. The van der Waals surface area contributed by atoms with E-state index >= 15 is 0 Å². The molecule has 0 aliphatic carbocycles. The molecule has 0 unspecified atom stereocenters. The van der Waals surface area contributed by atoms with Crippen LogP contribution in [0.25, 0.3) is 11.1 Å². The topological polar surface area (TPSA) is 64.4 Å². The third-order valence-corrected chi connectivity index (χ3v) is 4.07. The number of hydrogen-bond donors (Lipinski definition) is 1. The van der Waals surface area contributed by atoms with Crippen molar-refractivity contribution in [1.29, 1.82) is 0 Å². The van der Waals surface area contributed by atoms with Crippen molar-refractivity contribution in [2.45, 2.75) is 6.61 Å². The van der Waals surface area contributed by atoms with Crippen LogP contribution in [0.1, 0.15) is 5.56 Å². The predicted molar refractivity (Wildman–Crippen MR) is 92.6 cm³/mol. The van der Waals surface area contributed by atoms with Crippen LogP contribution in [-0.2, 0) is 6.61 Å². The summed E-state index contributed by atoms with van der Waals surface area (Å²) in [5, 5.41) is 14.3. The predicted octanol–water partition coefficient (Wildman–Crippen LogP) is 4.90. The Kier molecular flexibility index (Phi) is 3.39. The first-order valence-electron chi connectivity index (χ1n) is 7.58. The summed E-state index contributed by atoms with van der Waals surface area (Å²) >= 11 is 0. The summed E-state index contributed by atoms with van der Waals surface area (Å²) in [6, 6.07) is 20.4. The Bertz CT molecular complexity index is 920. The van der Waals surface area contributed by atoms with Crippen LogP contribution in [0.4, 0.5) is 17.1 Å². The number of nitro groups is 1. The van der Waals surface area contributed by atoms with Gasteiger partial charge < -0.3 is 10.1 Å². The van der Waals surface area contributed by atoms with Crippen LogP contribution >= 0.6 is 0 Å². The first-order chi connectivity index (χ1) is 11.7. The van der Waals surface area contributed by atoms with Gasteiger partial charge in [-0.15, -0.1) is 0 Å². The molecule has 0 radical (unpaired) electrons. The normalized spacial score (nSPS) is 12.2. The van der Waals surface area contributed by atoms with Crippen LogP contribution < -0.4 is 10.1 Å². The smallest absolute Gasteiger partial charge is 0.269 e.